The SMILES string of the molecule is C=CC1(C)C=C2CCC3C(C)(CO)C(O)C(=O)CC3(C)C2CC1. The lowest BCUT2D eigenvalue weighted by atomic mass is 9.44. The van der Waals surface area contributed by atoms with Crippen LogP contribution in [-0.2, 0) is 4.79 Å². The summed E-state index contributed by atoms with van der Waals surface area (Å²) in [6.45, 7) is 10.2. The predicted molar refractivity (Wildman–Crippen MR) is 90.8 cm³/mol. The second-order valence-electron chi connectivity index (χ2n) is 8.83. The number of hydrogen-bond donors (Lipinski definition) is 2. The van der Waals surface area contributed by atoms with Crippen molar-refractivity contribution in [3.05, 3.63) is 24.3 Å². The van der Waals surface area contributed by atoms with E-state index in [1.807, 2.05) is 13.0 Å². The van der Waals surface area contributed by atoms with E-state index in [2.05, 4.69) is 26.5 Å². The maximum atomic E-state index is 12.5. The molecule has 6 unspecified atom stereocenters. The Kier molecular flexibility index (Phi) is 3.89. The van der Waals surface area contributed by atoms with Crippen LogP contribution in [0, 0.1) is 28.1 Å². The van der Waals surface area contributed by atoms with E-state index in [0.717, 1.165) is 25.7 Å². The largest absolute Gasteiger partial charge is 0.396 e. The van der Waals surface area contributed by atoms with Crippen molar-refractivity contribution in [2.45, 2.75) is 59.0 Å². The molecular formula is C20H30O3. The van der Waals surface area contributed by atoms with Crippen LogP contribution >= 0.6 is 0 Å². The summed E-state index contributed by atoms with van der Waals surface area (Å²) in [6.07, 6.45) is 7.88. The van der Waals surface area contributed by atoms with Crippen LogP contribution in [0.2, 0.25) is 0 Å². The van der Waals surface area contributed by atoms with Gasteiger partial charge in [0.2, 0.25) is 0 Å². The van der Waals surface area contributed by atoms with Crippen LogP contribution in [0.5, 0.6) is 0 Å². The summed E-state index contributed by atoms with van der Waals surface area (Å²) in [5.74, 6) is 0.471. The summed E-state index contributed by atoms with van der Waals surface area (Å²) in [5.41, 5.74) is 0.657. The average Bonchev–Trinajstić information content (AvgIpc) is 2.52. The summed E-state index contributed by atoms with van der Waals surface area (Å²) in [4.78, 5) is 12.5. The van der Waals surface area contributed by atoms with Gasteiger partial charge in [0.15, 0.2) is 5.78 Å². The van der Waals surface area contributed by atoms with E-state index in [4.69, 9.17) is 0 Å². The molecule has 0 spiro atoms. The molecule has 128 valence electrons. The van der Waals surface area contributed by atoms with Gasteiger partial charge >= 0.3 is 0 Å². The van der Waals surface area contributed by atoms with Crippen molar-refractivity contribution in [3.63, 3.8) is 0 Å². The van der Waals surface area contributed by atoms with Gasteiger partial charge in [-0.15, -0.1) is 6.58 Å². The van der Waals surface area contributed by atoms with Gasteiger partial charge in [-0.05, 0) is 42.9 Å². The molecule has 0 amide bonds. The number of aliphatic hydroxyl groups is 2. The standard InChI is InChI=1S/C20H30O3/c1-5-18(2)9-8-14-13(10-18)6-7-16-19(14,3)11-15(22)17(23)20(16,4)12-21/h5,10,14,16-17,21,23H,1,6-9,11-12H2,2-4H3. The second-order valence-corrected chi connectivity index (χ2v) is 8.83. The smallest absolute Gasteiger partial charge is 0.162 e. The van der Waals surface area contributed by atoms with Crippen molar-refractivity contribution in [2.75, 3.05) is 6.61 Å². The third-order valence-electron chi connectivity index (χ3n) is 7.34. The van der Waals surface area contributed by atoms with Gasteiger partial charge in [0, 0.05) is 17.3 Å². The highest BCUT2D eigenvalue weighted by Gasteiger charge is 2.61. The minimum absolute atomic E-state index is 0.0630. The Bertz CT molecular complexity index is 565. The topological polar surface area (TPSA) is 57.5 Å². The van der Waals surface area contributed by atoms with E-state index in [1.54, 1.807) is 0 Å². The monoisotopic (exact) mass is 318 g/mol. The fourth-order valence-corrected chi connectivity index (χ4v) is 5.84. The lowest BCUT2D eigenvalue weighted by Crippen LogP contribution is -2.61. The highest BCUT2D eigenvalue weighted by atomic mass is 16.3. The highest BCUT2D eigenvalue weighted by Crippen LogP contribution is 2.63. The van der Waals surface area contributed by atoms with Gasteiger partial charge in [0.25, 0.3) is 0 Å². The Hall–Kier alpha value is -0.930. The number of hydrogen-bond acceptors (Lipinski definition) is 3. The maximum Gasteiger partial charge on any atom is 0.162 e. The summed E-state index contributed by atoms with van der Waals surface area (Å²) in [6, 6.07) is 0. The Labute approximate surface area is 139 Å². The minimum Gasteiger partial charge on any atom is -0.396 e. The molecule has 3 heteroatoms. The lowest BCUT2D eigenvalue weighted by Gasteiger charge is -2.60. The molecule has 0 aromatic heterocycles. The van der Waals surface area contributed by atoms with Gasteiger partial charge in [0.1, 0.15) is 6.10 Å². The van der Waals surface area contributed by atoms with E-state index in [0.29, 0.717) is 12.3 Å². The molecule has 0 saturated heterocycles. The molecule has 3 rings (SSSR count). The molecule has 3 aliphatic rings. The molecule has 0 aliphatic heterocycles. The predicted octanol–water partition coefficient (Wildman–Crippen LogP) is 3.26. The fourth-order valence-electron chi connectivity index (χ4n) is 5.84. The number of ketones is 1. The Morgan fingerprint density at radius 1 is 1.35 bits per heavy atom. The van der Waals surface area contributed by atoms with Crippen LogP contribution < -0.4 is 0 Å². The van der Waals surface area contributed by atoms with E-state index < -0.39 is 11.5 Å². The molecule has 3 nitrogen and oxygen atoms in total. The van der Waals surface area contributed by atoms with Crippen LogP contribution in [0.1, 0.15) is 52.9 Å². The zero-order valence-corrected chi connectivity index (χ0v) is 14.6. The van der Waals surface area contributed by atoms with Gasteiger partial charge in [-0.25, -0.2) is 0 Å². The molecule has 2 saturated carbocycles. The van der Waals surface area contributed by atoms with Gasteiger partial charge < -0.3 is 10.2 Å². The van der Waals surface area contributed by atoms with Crippen LogP contribution in [0.4, 0.5) is 0 Å². The molecule has 0 bridgehead atoms. The Balaban J connectivity index is 2.03. The first-order valence-electron chi connectivity index (χ1n) is 8.87. The first-order valence-corrected chi connectivity index (χ1v) is 8.87. The summed E-state index contributed by atoms with van der Waals surface area (Å²) < 4.78 is 0. The zero-order chi connectivity index (χ0) is 17.0. The number of fused-ring (bicyclic) bond motifs is 3. The Morgan fingerprint density at radius 2 is 2.04 bits per heavy atom. The van der Waals surface area contributed by atoms with Crippen molar-refractivity contribution < 1.29 is 15.0 Å². The van der Waals surface area contributed by atoms with Crippen LogP contribution in [0.15, 0.2) is 24.3 Å². The highest BCUT2D eigenvalue weighted by molar-refractivity contribution is 5.85. The van der Waals surface area contributed by atoms with Gasteiger partial charge in [0.05, 0.1) is 6.61 Å². The molecule has 0 aromatic carbocycles. The van der Waals surface area contributed by atoms with E-state index in [1.165, 1.54) is 5.57 Å². The summed E-state index contributed by atoms with van der Waals surface area (Å²) in [7, 11) is 0. The Morgan fingerprint density at radius 3 is 2.65 bits per heavy atom. The number of rotatable bonds is 2. The van der Waals surface area contributed by atoms with E-state index >= 15 is 0 Å². The first kappa shape index (κ1) is 16.9. The maximum absolute atomic E-state index is 12.5. The van der Waals surface area contributed by atoms with Crippen LogP contribution in [-0.4, -0.2) is 28.7 Å². The van der Waals surface area contributed by atoms with Crippen molar-refractivity contribution >= 4 is 5.78 Å². The third kappa shape index (κ3) is 2.27. The van der Waals surface area contributed by atoms with Crippen molar-refractivity contribution in [3.8, 4) is 0 Å². The van der Waals surface area contributed by atoms with Crippen molar-refractivity contribution in [1.29, 1.82) is 0 Å². The van der Waals surface area contributed by atoms with Crippen molar-refractivity contribution in [2.24, 2.45) is 28.1 Å². The molecule has 2 fully saturated rings. The molecule has 23 heavy (non-hydrogen) atoms. The van der Waals surface area contributed by atoms with Crippen molar-refractivity contribution in [1.82, 2.24) is 0 Å². The lowest BCUT2D eigenvalue weighted by molar-refractivity contribution is -0.173. The third-order valence-corrected chi connectivity index (χ3v) is 7.34. The normalized spacial score (nSPS) is 49.9. The van der Waals surface area contributed by atoms with Gasteiger partial charge in [-0.3, -0.25) is 4.79 Å². The molecule has 0 radical (unpaired) electrons. The van der Waals surface area contributed by atoms with Crippen LogP contribution in [0.3, 0.4) is 0 Å². The summed E-state index contributed by atoms with van der Waals surface area (Å²) >= 11 is 0. The molecular weight excluding hydrogens is 288 g/mol. The zero-order valence-electron chi connectivity index (χ0n) is 14.6. The molecule has 6 atom stereocenters. The first-order chi connectivity index (χ1) is 10.7. The van der Waals surface area contributed by atoms with E-state index in [-0.39, 0.29) is 29.1 Å². The number of carbonyl (C=O) groups is 1. The minimum atomic E-state index is -1.03. The average molecular weight is 318 g/mol. The van der Waals surface area contributed by atoms with Crippen LogP contribution in [0.25, 0.3) is 0 Å². The fraction of sp³-hybridized carbons (Fsp3) is 0.750. The molecule has 2 N–H and O–H groups in total. The quantitative estimate of drug-likeness (QED) is 0.768. The second kappa shape index (κ2) is 5.29. The number of Topliss-reactive ketones (excluding diaryl/α,β-unsaturated/α-hetero) is 1. The number of carbonyl (C=O) groups excluding carboxylic acids is 1. The number of allylic oxidation sites excluding steroid dienone is 3. The number of aliphatic hydroxyl groups excluding tert-OH is 2. The van der Waals surface area contributed by atoms with Gasteiger partial charge in [-0.2, -0.15) is 0 Å². The van der Waals surface area contributed by atoms with E-state index in [9.17, 15) is 15.0 Å². The molecule has 3 aliphatic carbocycles. The molecule has 0 heterocycles. The van der Waals surface area contributed by atoms with Gasteiger partial charge in [-0.1, -0.05) is 38.5 Å². The summed E-state index contributed by atoms with van der Waals surface area (Å²) in [5, 5.41) is 20.4. The molecule has 0 aromatic rings.